The van der Waals surface area contributed by atoms with Crippen LogP contribution in [0.2, 0.25) is 0 Å². The molecular formula is C41H66N2O3. The SMILES string of the molecule is C=C1C[C@]2(C)[C@H]3CC=C4[C@@H]5CC(C)(C)CC[C@]5(C(=O)NCCNC(=O)CCCCCCC)CC[C@@]4(C)[C@]3(C)CC[C@H]2C(C)(C)C1=O. The maximum absolute atomic E-state index is 14.3. The van der Waals surface area contributed by atoms with Crippen LogP contribution in [0.15, 0.2) is 23.8 Å². The predicted molar refractivity (Wildman–Crippen MR) is 188 cm³/mol. The van der Waals surface area contributed by atoms with Gasteiger partial charge in [-0.15, -0.1) is 0 Å². The third kappa shape index (κ3) is 5.66. The van der Waals surface area contributed by atoms with Crippen LogP contribution in [-0.4, -0.2) is 30.7 Å². The Morgan fingerprint density at radius 1 is 0.870 bits per heavy atom. The van der Waals surface area contributed by atoms with E-state index in [9.17, 15) is 14.4 Å². The summed E-state index contributed by atoms with van der Waals surface area (Å²) in [4.78, 5) is 40.0. The van der Waals surface area contributed by atoms with Crippen LogP contribution in [0.5, 0.6) is 0 Å². The van der Waals surface area contributed by atoms with Crippen LogP contribution in [0, 0.1) is 50.2 Å². The molecule has 0 radical (unpaired) electrons. The van der Waals surface area contributed by atoms with Crippen molar-refractivity contribution in [3.05, 3.63) is 23.8 Å². The Kier molecular flexibility index (Phi) is 9.63. The number of fused-ring (bicyclic) bond motifs is 7. The lowest BCUT2D eigenvalue weighted by atomic mass is 9.33. The van der Waals surface area contributed by atoms with Crippen LogP contribution in [0.1, 0.15) is 152 Å². The molecule has 0 aliphatic heterocycles. The third-order valence-electron chi connectivity index (χ3n) is 15.0. The minimum Gasteiger partial charge on any atom is -0.354 e. The van der Waals surface area contributed by atoms with Crippen molar-refractivity contribution in [2.45, 2.75) is 152 Å². The van der Waals surface area contributed by atoms with Crippen LogP contribution in [0.4, 0.5) is 0 Å². The third-order valence-corrected chi connectivity index (χ3v) is 15.0. The van der Waals surface area contributed by atoms with Gasteiger partial charge in [-0.3, -0.25) is 14.4 Å². The van der Waals surface area contributed by atoms with Crippen LogP contribution < -0.4 is 10.6 Å². The molecule has 4 saturated carbocycles. The first-order valence-corrected chi connectivity index (χ1v) is 19.0. The van der Waals surface area contributed by atoms with E-state index in [1.54, 1.807) is 5.57 Å². The van der Waals surface area contributed by atoms with E-state index in [2.05, 4.69) is 78.7 Å². The van der Waals surface area contributed by atoms with Crippen molar-refractivity contribution in [3.63, 3.8) is 0 Å². The van der Waals surface area contributed by atoms with E-state index < -0.39 is 0 Å². The van der Waals surface area contributed by atoms with Gasteiger partial charge in [-0.25, -0.2) is 0 Å². The highest BCUT2D eigenvalue weighted by molar-refractivity contribution is 6.00. The van der Waals surface area contributed by atoms with Crippen LogP contribution in [0.3, 0.4) is 0 Å². The van der Waals surface area contributed by atoms with E-state index in [-0.39, 0.29) is 56.0 Å². The van der Waals surface area contributed by atoms with Gasteiger partial charge in [0.05, 0.1) is 5.41 Å². The van der Waals surface area contributed by atoms with Gasteiger partial charge in [0.1, 0.15) is 0 Å². The summed E-state index contributed by atoms with van der Waals surface area (Å²) >= 11 is 0. The Bertz CT molecular complexity index is 1260. The molecule has 0 aromatic rings. The van der Waals surface area contributed by atoms with Gasteiger partial charge in [-0.2, -0.15) is 0 Å². The second-order valence-electron chi connectivity index (χ2n) is 18.5. The normalized spacial score (nSPS) is 39.2. The summed E-state index contributed by atoms with van der Waals surface area (Å²) in [7, 11) is 0. The predicted octanol–water partition coefficient (Wildman–Crippen LogP) is 9.12. The monoisotopic (exact) mass is 635 g/mol. The molecule has 5 rings (SSSR count). The highest BCUT2D eigenvalue weighted by atomic mass is 16.2. The largest absolute Gasteiger partial charge is 0.354 e. The van der Waals surface area contributed by atoms with Crippen LogP contribution in [-0.2, 0) is 14.4 Å². The Labute approximate surface area is 281 Å². The molecule has 0 aromatic heterocycles. The number of rotatable bonds is 10. The van der Waals surface area contributed by atoms with E-state index in [0.717, 1.165) is 76.2 Å². The number of unbranched alkanes of at least 4 members (excludes halogenated alkanes) is 4. The molecule has 0 aromatic carbocycles. The van der Waals surface area contributed by atoms with Gasteiger partial charge in [0.25, 0.3) is 0 Å². The maximum Gasteiger partial charge on any atom is 0.226 e. The number of allylic oxidation sites excluding steroid dienone is 3. The van der Waals surface area contributed by atoms with E-state index in [4.69, 9.17) is 0 Å². The zero-order chi connectivity index (χ0) is 33.8. The minimum absolute atomic E-state index is 0.0315. The zero-order valence-electron chi connectivity index (χ0n) is 30.8. The highest BCUT2D eigenvalue weighted by Gasteiger charge is 2.69. The highest BCUT2D eigenvalue weighted by Crippen LogP contribution is 2.75. The average molecular weight is 635 g/mol. The molecule has 0 spiro atoms. The number of amides is 2. The number of hydrogen-bond donors (Lipinski definition) is 2. The topological polar surface area (TPSA) is 75.3 Å². The smallest absolute Gasteiger partial charge is 0.226 e. The van der Waals surface area contributed by atoms with E-state index in [1.165, 1.54) is 19.3 Å². The molecule has 46 heavy (non-hydrogen) atoms. The van der Waals surface area contributed by atoms with E-state index in [1.807, 2.05) is 0 Å². The van der Waals surface area contributed by atoms with E-state index >= 15 is 0 Å². The number of ketones is 1. The number of Topliss-reactive ketones (excluding diaryl/α,β-unsaturated/α-hetero) is 1. The van der Waals surface area contributed by atoms with Gasteiger partial charge >= 0.3 is 0 Å². The molecule has 2 amide bonds. The summed E-state index contributed by atoms with van der Waals surface area (Å²) in [6.45, 7) is 24.3. The van der Waals surface area contributed by atoms with Gasteiger partial charge in [-0.1, -0.05) is 99.3 Å². The second-order valence-corrected chi connectivity index (χ2v) is 18.5. The Balaban J connectivity index is 1.35. The van der Waals surface area contributed by atoms with Gasteiger partial charge in [0.15, 0.2) is 5.78 Å². The lowest BCUT2D eigenvalue weighted by molar-refractivity contribution is -0.179. The molecule has 0 saturated heterocycles. The summed E-state index contributed by atoms with van der Waals surface area (Å²) in [5.41, 5.74) is 2.04. The molecule has 7 atom stereocenters. The summed E-state index contributed by atoms with van der Waals surface area (Å²) in [6.07, 6.45) is 18.0. The van der Waals surface area contributed by atoms with E-state index in [0.29, 0.717) is 31.3 Å². The Hall–Kier alpha value is -1.91. The van der Waals surface area contributed by atoms with Gasteiger partial charge in [0.2, 0.25) is 11.8 Å². The average Bonchev–Trinajstić information content (AvgIpc) is 2.98. The fraction of sp³-hybridized carbons (Fsp3) is 0.829. The summed E-state index contributed by atoms with van der Waals surface area (Å²) in [6, 6.07) is 0. The molecule has 2 N–H and O–H groups in total. The first-order valence-electron chi connectivity index (χ1n) is 19.0. The van der Waals surface area contributed by atoms with Crippen molar-refractivity contribution in [2.75, 3.05) is 13.1 Å². The van der Waals surface area contributed by atoms with Crippen LogP contribution in [0.25, 0.3) is 0 Å². The Morgan fingerprint density at radius 3 is 2.26 bits per heavy atom. The van der Waals surface area contributed by atoms with Gasteiger partial charge in [-0.05, 0) is 109 Å². The van der Waals surface area contributed by atoms with Gasteiger partial charge < -0.3 is 10.6 Å². The van der Waals surface area contributed by atoms with Crippen molar-refractivity contribution >= 4 is 17.6 Å². The molecule has 258 valence electrons. The van der Waals surface area contributed by atoms with Crippen molar-refractivity contribution in [2.24, 2.45) is 50.2 Å². The molecule has 0 heterocycles. The summed E-state index contributed by atoms with van der Waals surface area (Å²) < 4.78 is 0. The van der Waals surface area contributed by atoms with Crippen molar-refractivity contribution < 1.29 is 14.4 Å². The van der Waals surface area contributed by atoms with Crippen molar-refractivity contribution in [1.82, 2.24) is 10.6 Å². The molecular weight excluding hydrogens is 568 g/mol. The standard InChI is InChI=1S/C41H66N2O3/c1-10-11-12-13-14-15-33(44)42-24-25-43-35(46)41-22-20-36(3,4)27-30(41)29-16-17-32-38(7)26-28(2)34(45)37(5,6)31(38)18-19-40(32,9)39(29,8)21-23-41/h16,30-32H,2,10-15,17-27H2,1,3-9H3,(H,42,44)(H,43,46)/t30-,31-,32+,38-,39+,40+,41-/m0/s1. The van der Waals surface area contributed by atoms with Crippen molar-refractivity contribution in [3.8, 4) is 0 Å². The first-order chi connectivity index (χ1) is 21.5. The summed E-state index contributed by atoms with van der Waals surface area (Å²) in [5, 5.41) is 6.37. The molecule has 5 aliphatic carbocycles. The lowest BCUT2D eigenvalue weighted by Gasteiger charge is -2.70. The summed E-state index contributed by atoms with van der Waals surface area (Å²) in [5.74, 6) is 1.69. The maximum atomic E-state index is 14.3. The fourth-order valence-electron chi connectivity index (χ4n) is 12.1. The number of carbonyl (C=O) groups excluding carboxylic acids is 3. The number of nitrogens with one attached hydrogen (secondary N) is 2. The van der Waals surface area contributed by atoms with Gasteiger partial charge in [0, 0.05) is 24.9 Å². The van der Waals surface area contributed by atoms with Crippen LogP contribution >= 0.6 is 0 Å². The molecule has 5 heteroatoms. The zero-order valence-corrected chi connectivity index (χ0v) is 30.8. The first kappa shape index (κ1) is 35.4. The minimum atomic E-state index is -0.373. The molecule has 5 nitrogen and oxygen atoms in total. The number of hydrogen-bond acceptors (Lipinski definition) is 3. The lowest BCUT2D eigenvalue weighted by Crippen LogP contribution is -2.65. The molecule has 0 unspecified atom stereocenters. The van der Waals surface area contributed by atoms with Crippen molar-refractivity contribution in [1.29, 1.82) is 0 Å². The quantitative estimate of drug-likeness (QED) is 0.143. The fourth-order valence-corrected chi connectivity index (χ4v) is 12.1. The number of carbonyl (C=O) groups is 3. The molecule has 5 aliphatic rings. The second kappa shape index (κ2) is 12.5. The Morgan fingerprint density at radius 2 is 1.54 bits per heavy atom. The molecule has 0 bridgehead atoms. The molecule has 4 fully saturated rings.